The molecule has 0 heterocycles. The summed E-state index contributed by atoms with van der Waals surface area (Å²) in [5.41, 5.74) is 8.87. The fraction of sp³-hybridized carbons (Fsp3) is 0.0882. The van der Waals surface area contributed by atoms with Crippen LogP contribution in [0.4, 0.5) is 0 Å². The Hall–Kier alpha value is -3.80. The molecular weight excluding hydrogens is 455 g/mol. The van der Waals surface area contributed by atoms with Crippen molar-refractivity contribution >= 4 is 24.1 Å². The Bertz CT molecular complexity index is 1480. The summed E-state index contributed by atoms with van der Waals surface area (Å²) in [6.07, 6.45) is 0. The highest BCUT2D eigenvalue weighted by Gasteiger charge is 2.29. The Morgan fingerprint density at radius 2 is 1.11 bits per heavy atom. The average molecular weight is 485 g/mol. The van der Waals surface area contributed by atoms with E-state index in [9.17, 15) is 4.79 Å². The molecule has 176 valence electrons. The topological polar surface area (TPSA) is 17.1 Å². The molecule has 0 aliphatic carbocycles. The fourth-order valence-corrected chi connectivity index (χ4v) is 7.55. The van der Waals surface area contributed by atoms with Crippen molar-refractivity contribution in [2.24, 2.45) is 0 Å². The van der Waals surface area contributed by atoms with Crippen LogP contribution in [-0.2, 0) is 0 Å². The first-order valence-corrected chi connectivity index (χ1v) is 13.6. The molecule has 0 N–H and O–H groups in total. The minimum atomic E-state index is -1.32. The Morgan fingerprint density at radius 3 is 1.69 bits per heavy atom. The number of hydrogen-bond acceptors (Lipinski definition) is 1. The molecule has 1 unspecified atom stereocenters. The predicted octanol–water partition coefficient (Wildman–Crippen LogP) is 8.22. The maximum atomic E-state index is 14.6. The third kappa shape index (κ3) is 4.68. The van der Waals surface area contributed by atoms with Crippen LogP contribution in [0.5, 0.6) is 0 Å². The van der Waals surface area contributed by atoms with Gasteiger partial charge >= 0.3 is 0 Å². The Morgan fingerprint density at radius 1 is 0.583 bits per heavy atom. The van der Waals surface area contributed by atoms with Gasteiger partial charge < -0.3 is 0 Å². The number of rotatable bonds is 6. The van der Waals surface area contributed by atoms with Gasteiger partial charge in [0.15, 0.2) is 5.52 Å². The maximum Gasteiger partial charge on any atom is 0.193 e. The van der Waals surface area contributed by atoms with E-state index >= 15 is 0 Å². The second-order valence-electron chi connectivity index (χ2n) is 9.18. The van der Waals surface area contributed by atoms with Gasteiger partial charge in [0.1, 0.15) is 0 Å². The molecule has 2 heteroatoms. The van der Waals surface area contributed by atoms with Gasteiger partial charge in [0.25, 0.3) is 0 Å². The summed E-state index contributed by atoms with van der Waals surface area (Å²) < 4.78 is 0. The van der Waals surface area contributed by atoms with Crippen molar-refractivity contribution in [1.82, 2.24) is 0 Å². The van der Waals surface area contributed by atoms with Crippen LogP contribution in [0.2, 0.25) is 0 Å². The summed E-state index contributed by atoms with van der Waals surface area (Å²) in [6, 6.07) is 41.9. The number of carbonyl (C=O) groups is 1. The standard InChI is InChI=1S/C34H29OP/c1-24-22-25(2)32(26(3)23-24)34(35)36(29-18-11-6-12-19-29)31-21-13-20-30(27-14-7-4-8-15-27)33(31)28-16-9-5-10-17-28/h4-23H,1-3H3. The van der Waals surface area contributed by atoms with Crippen LogP contribution in [0.3, 0.4) is 0 Å². The van der Waals surface area contributed by atoms with E-state index < -0.39 is 7.92 Å². The summed E-state index contributed by atoms with van der Waals surface area (Å²) in [5, 5.41) is 2.16. The lowest BCUT2D eigenvalue weighted by atomic mass is 9.94. The molecule has 0 spiro atoms. The van der Waals surface area contributed by atoms with Crippen molar-refractivity contribution in [3.63, 3.8) is 0 Å². The molecule has 0 aliphatic rings. The van der Waals surface area contributed by atoms with Crippen LogP contribution in [0.15, 0.2) is 121 Å². The lowest BCUT2D eigenvalue weighted by Gasteiger charge is -2.24. The number of hydrogen-bond donors (Lipinski definition) is 0. The van der Waals surface area contributed by atoms with Gasteiger partial charge in [-0.1, -0.05) is 127 Å². The zero-order valence-electron chi connectivity index (χ0n) is 20.9. The van der Waals surface area contributed by atoms with E-state index in [1.807, 2.05) is 30.3 Å². The fourth-order valence-electron chi connectivity index (χ4n) is 5.06. The highest BCUT2D eigenvalue weighted by molar-refractivity contribution is 7.88. The largest absolute Gasteiger partial charge is 0.288 e. The first-order chi connectivity index (χ1) is 17.5. The van der Waals surface area contributed by atoms with Crippen LogP contribution in [0.25, 0.3) is 22.3 Å². The minimum Gasteiger partial charge on any atom is -0.288 e. The lowest BCUT2D eigenvalue weighted by molar-refractivity contribution is 0.108. The monoisotopic (exact) mass is 484 g/mol. The number of benzene rings is 5. The van der Waals surface area contributed by atoms with Crippen LogP contribution in [-0.4, -0.2) is 5.52 Å². The summed E-state index contributed by atoms with van der Waals surface area (Å²) in [7, 11) is -1.32. The smallest absolute Gasteiger partial charge is 0.193 e. The SMILES string of the molecule is Cc1cc(C)c(C(=O)P(c2ccccc2)c2cccc(-c3ccccc3)c2-c2ccccc2)c(C)c1. The second-order valence-corrected chi connectivity index (χ2v) is 11.3. The molecule has 1 nitrogen and oxygen atoms in total. The molecule has 5 aromatic rings. The van der Waals surface area contributed by atoms with Gasteiger partial charge in [0, 0.05) is 13.5 Å². The Labute approximate surface area is 215 Å². The van der Waals surface area contributed by atoms with E-state index in [0.29, 0.717) is 0 Å². The van der Waals surface area contributed by atoms with Gasteiger partial charge in [0.05, 0.1) is 0 Å². The van der Waals surface area contributed by atoms with Crippen molar-refractivity contribution < 1.29 is 4.79 Å². The molecule has 0 aromatic heterocycles. The minimum absolute atomic E-state index is 0.202. The Kier molecular flexibility index (Phi) is 6.94. The third-order valence-electron chi connectivity index (χ3n) is 6.54. The van der Waals surface area contributed by atoms with Gasteiger partial charge in [-0.3, -0.25) is 4.79 Å². The lowest BCUT2D eigenvalue weighted by Crippen LogP contribution is -2.21. The molecule has 5 rings (SSSR count). The molecule has 5 aromatic carbocycles. The van der Waals surface area contributed by atoms with Crippen LogP contribution in [0, 0.1) is 20.8 Å². The first-order valence-electron chi connectivity index (χ1n) is 12.3. The highest BCUT2D eigenvalue weighted by atomic mass is 31.1. The summed E-state index contributed by atoms with van der Waals surface area (Å²) in [4.78, 5) is 14.6. The zero-order chi connectivity index (χ0) is 25.1. The zero-order valence-corrected chi connectivity index (χ0v) is 21.8. The second kappa shape index (κ2) is 10.4. The highest BCUT2D eigenvalue weighted by Crippen LogP contribution is 2.45. The molecule has 0 saturated heterocycles. The summed E-state index contributed by atoms with van der Waals surface area (Å²) in [6.45, 7) is 6.21. The van der Waals surface area contributed by atoms with Gasteiger partial charge in [0.2, 0.25) is 0 Å². The maximum absolute atomic E-state index is 14.6. The average Bonchev–Trinajstić information content (AvgIpc) is 2.90. The Balaban J connectivity index is 1.81. The van der Waals surface area contributed by atoms with Gasteiger partial charge in [-0.2, -0.15) is 0 Å². The van der Waals surface area contributed by atoms with Gasteiger partial charge in [-0.15, -0.1) is 0 Å². The van der Waals surface area contributed by atoms with Crippen LogP contribution in [0.1, 0.15) is 27.0 Å². The van der Waals surface area contributed by atoms with E-state index in [0.717, 1.165) is 49.6 Å². The van der Waals surface area contributed by atoms with Crippen LogP contribution >= 0.6 is 7.92 Å². The summed E-state index contributed by atoms with van der Waals surface area (Å²) >= 11 is 0. The molecule has 0 amide bonds. The van der Waals surface area contributed by atoms with E-state index in [-0.39, 0.29) is 5.52 Å². The molecule has 36 heavy (non-hydrogen) atoms. The van der Waals surface area contributed by atoms with Gasteiger partial charge in [-0.25, -0.2) is 0 Å². The first kappa shape index (κ1) is 23.9. The normalized spacial score (nSPS) is 11.8. The number of aryl methyl sites for hydroxylation is 3. The van der Waals surface area contributed by atoms with Crippen molar-refractivity contribution in [2.45, 2.75) is 20.8 Å². The molecule has 0 radical (unpaired) electrons. The summed E-state index contributed by atoms with van der Waals surface area (Å²) in [5.74, 6) is 0. The quantitative estimate of drug-likeness (QED) is 0.222. The van der Waals surface area contributed by atoms with E-state index in [1.54, 1.807) is 0 Å². The van der Waals surface area contributed by atoms with Gasteiger partial charge in [-0.05, 0) is 64.8 Å². The molecule has 0 saturated carbocycles. The van der Waals surface area contributed by atoms with Crippen LogP contribution < -0.4 is 10.6 Å². The molecule has 0 fully saturated rings. The number of carbonyl (C=O) groups excluding carboxylic acids is 1. The van der Waals surface area contributed by atoms with Crippen molar-refractivity contribution in [3.8, 4) is 22.3 Å². The van der Waals surface area contributed by atoms with Crippen molar-refractivity contribution in [1.29, 1.82) is 0 Å². The van der Waals surface area contributed by atoms with Crippen molar-refractivity contribution in [3.05, 3.63) is 144 Å². The van der Waals surface area contributed by atoms with Crippen molar-refractivity contribution in [2.75, 3.05) is 0 Å². The molecule has 0 aliphatic heterocycles. The molecule has 0 bridgehead atoms. The third-order valence-corrected chi connectivity index (χ3v) is 8.84. The molecular formula is C34H29OP. The van der Waals surface area contributed by atoms with E-state index in [1.165, 1.54) is 5.56 Å². The predicted molar refractivity (Wildman–Crippen MR) is 155 cm³/mol. The van der Waals surface area contributed by atoms with E-state index in [4.69, 9.17) is 0 Å². The molecule has 1 atom stereocenters. The van der Waals surface area contributed by atoms with E-state index in [2.05, 4.69) is 112 Å².